The van der Waals surface area contributed by atoms with Crippen LogP contribution in [0.5, 0.6) is 0 Å². The third-order valence-corrected chi connectivity index (χ3v) is 2.90. The van der Waals surface area contributed by atoms with Crippen LogP contribution in [0.1, 0.15) is 16.1 Å². The Kier molecular flexibility index (Phi) is 3.30. The predicted octanol–water partition coefficient (Wildman–Crippen LogP) is 1.88. The van der Waals surface area contributed by atoms with Gasteiger partial charge in [-0.15, -0.1) is 0 Å². The number of nitrogens with one attached hydrogen (secondary N) is 2. The standard InChI is InChI=1S/C11H8BrN5O/c12-7-3-6(4-13)1-2-9(7)16-11(18)10-8(14)5-15-17-10/h1-3,5H,14H2,(H,15,17)(H,16,18). The van der Waals surface area contributed by atoms with Crippen LogP contribution in [0.25, 0.3) is 0 Å². The van der Waals surface area contributed by atoms with E-state index in [1.807, 2.05) is 6.07 Å². The first-order valence-corrected chi connectivity index (χ1v) is 5.71. The number of nitrogen functional groups attached to an aromatic ring is 1. The van der Waals surface area contributed by atoms with Crippen LogP contribution >= 0.6 is 15.9 Å². The maximum atomic E-state index is 11.9. The van der Waals surface area contributed by atoms with Gasteiger partial charge in [-0.3, -0.25) is 9.89 Å². The minimum atomic E-state index is -0.393. The van der Waals surface area contributed by atoms with Crippen LogP contribution in [0.2, 0.25) is 0 Å². The minimum Gasteiger partial charge on any atom is -0.396 e. The summed E-state index contributed by atoms with van der Waals surface area (Å²) < 4.78 is 0.619. The molecule has 0 bridgehead atoms. The average molecular weight is 306 g/mol. The molecule has 7 heteroatoms. The van der Waals surface area contributed by atoms with E-state index in [4.69, 9.17) is 11.0 Å². The van der Waals surface area contributed by atoms with E-state index in [1.54, 1.807) is 18.2 Å². The molecule has 2 rings (SSSR count). The van der Waals surface area contributed by atoms with Gasteiger partial charge in [0.15, 0.2) is 0 Å². The lowest BCUT2D eigenvalue weighted by atomic mass is 10.2. The first-order valence-electron chi connectivity index (χ1n) is 4.91. The van der Waals surface area contributed by atoms with Gasteiger partial charge in [0.2, 0.25) is 0 Å². The van der Waals surface area contributed by atoms with E-state index >= 15 is 0 Å². The highest BCUT2D eigenvalue weighted by atomic mass is 79.9. The molecule has 0 spiro atoms. The summed E-state index contributed by atoms with van der Waals surface area (Å²) in [5.41, 5.74) is 7.09. The fourth-order valence-corrected chi connectivity index (χ4v) is 1.83. The minimum absolute atomic E-state index is 0.200. The zero-order valence-electron chi connectivity index (χ0n) is 9.07. The molecule has 1 aromatic heterocycles. The van der Waals surface area contributed by atoms with Gasteiger partial charge in [-0.25, -0.2) is 0 Å². The topological polar surface area (TPSA) is 108 Å². The van der Waals surface area contributed by atoms with Gasteiger partial charge < -0.3 is 11.1 Å². The number of hydrogen-bond acceptors (Lipinski definition) is 4. The number of nitrogens with two attached hydrogens (primary N) is 1. The van der Waals surface area contributed by atoms with Gasteiger partial charge in [0.25, 0.3) is 5.91 Å². The summed E-state index contributed by atoms with van der Waals surface area (Å²) in [6, 6.07) is 6.86. The number of H-pyrrole nitrogens is 1. The van der Waals surface area contributed by atoms with Crippen molar-refractivity contribution in [2.75, 3.05) is 11.1 Å². The van der Waals surface area contributed by atoms with Gasteiger partial charge in [-0.2, -0.15) is 10.4 Å². The molecule has 4 N–H and O–H groups in total. The summed E-state index contributed by atoms with van der Waals surface area (Å²) in [4.78, 5) is 11.9. The van der Waals surface area contributed by atoms with Crippen molar-refractivity contribution in [3.8, 4) is 6.07 Å². The van der Waals surface area contributed by atoms with Crippen molar-refractivity contribution in [1.82, 2.24) is 10.2 Å². The lowest BCUT2D eigenvalue weighted by Crippen LogP contribution is -2.14. The van der Waals surface area contributed by atoms with E-state index in [0.29, 0.717) is 15.7 Å². The number of benzene rings is 1. The maximum Gasteiger partial charge on any atom is 0.275 e. The molecule has 0 saturated heterocycles. The molecule has 1 amide bonds. The molecule has 1 heterocycles. The maximum absolute atomic E-state index is 11.9. The summed E-state index contributed by atoms with van der Waals surface area (Å²) in [7, 11) is 0. The summed E-state index contributed by atoms with van der Waals surface area (Å²) >= 11 is 3.28. The highest BCUT2D eigenvalue weighted by molar-refractivity contribution is 9.10. The van der Waals surface area contributed by atoms with Crippen LogP contribution < -0.4 is 11.1 Å². The first-order chi connectivity index (χ1) is 8.61. The van der Waals surface area contributed by atoms with Crippen molar-refractivity contribution in [2.45, 2.75) is 0 Å². The molecular formula is C11H8BrN5O. The largest absolute Gasteiger partial charge is 0.396 e. The van der Waals surface area contributed by atoms with Crippen molar-refractivity contribution in [3.05, 3.63) is 40.1 Å². The zero-order valence-corrected chi connectivity index (χ0v) is 10.7. The van der Waals surface area contributed by atoms with Crippen LogP contribution in [0, 0.1) is 11.3 Å². The molecule has 0 saturated carbocycles. The fourth-order valence-electron chi connectivity index (χ4n) is 1.35. The van der Waals surface area contributed by atoms with Gasteiger partial charge in [0.05, 0.1) is 29.2 Å². The van der Waals surface area contributed by atoms with E-state index in [-0.39, 0.29) is 11.4 Å². The molecule has 18 heavy (non-hydrogen) atoms. The van der Waals surface area contributed by atoms with Crippen molar-refractivity contribution < 1.29 is 4.79 Å². The molecule has 0 radical (unpaired) electrons. The highest BCUT2D eigenvalue weighted by Gasteiger charge is 2.13. The van der Waals surface area contributed by atoms with Gasteiger partial charge in [-0.05, 0) is 34.1 Å². The first kappa shape index (κ1) is 12.1. The average Bonchev–Trinajstić information content (AvgIpc) is 2.78. The van der Waals surface area contributed by atoms with Crippen LogP contribution in [-0.4, -0.2) is 16.1 Å². The Labute approximate surface area is 111 Å². The Morgan fingerprint density at radius 2 is 2.33 bits per heavy atom. The van der Waals surface area contributed by atoms with Crippen LogP contribution in [0.3, 0.4) is 0 Å². The van der Waals surface area contributed by atoms with Crippen molar-refractivity contribution in [3.63, 3.8) is 0 Å². The number of halogens is 1. The van der Waals surface area contributed by atoms with Crippen molar-refractivity contribution >= 4 is 33.2 Å². The van der Waals surface area contributed by atoms with Gasteiger partial charge in [-0.1, -0.05) is 0 Å². The number of hydrogen-bond donors (Lipinski definition) is 3. The number of rotatable bonds is 2. The number of nitrogens with zero attached hydrogens (tertiary/aromatic N) is 2. The van der Waals surface area contributed by atoms with E-state index in [0.717, 1.165) is 0 Å². The number of carbonyl (C=O) groups is 1. The molecule has 0 aliphatic heterocycles. The second-order valence-electron chi connectivity index (χ2n) is 3.46. The lowest BCUT2D eigenvalue weighted by molar-refractivity contribution is 0.102. The molecule has 0 aliphatic carbocycles. The summed E-state index contributed by atoms with van der Waals surface area (Å²) in [6.07, 6.45) is 1.36. The van der Waals surface area contributed by atoms with Crippen LogP contribution in [0.15, 0.2) is 28.9 Å². The Balaban J connectivity index is 2.23. The van der Waals surface area contributed by atoms with Crippen LogP contribution in [0.4, 0.5) is 11.4 Å². The second kappa shape index (κ2) is 4.89. The summed E-state index contributed by atoms with van der Waals surface area (Å²) in [6.45, 7) is 0. The Bertz CT molecular complexity index is 643. The normalized spacial score (nSPS) is 9.78. The molecule has 90 valence electrons. The molecule has 0 unspecified atom stereocenters. The van der Waals surface area contributed by atoms with E-state index in [1.165, 1.54) is 6.20 Å². The van der Waals surface area contributed by atoms with E-state index in [2.05, 4.69) is 31.4 Å². The summed E-state index contributed by atoms with van der Waals surface area (Å²) in [5, 5.41) is 17.6. The fraction of sp³-hybridized carbons (Fsp3) is 0. The zero-order chi connectivity index (χ0) is 13.1. The van der Waals surface area contributed by atoms with Crippen molar-refractivity contribution in [2.24, 2.45) is 0 Å². The van der Waals surface area contributed by atoms with Gasteiger partial charge >= 0.3 is 0 Å². The monoisotopic (exact) mass is 305 g/mol. The van der Waals surface area contributed by atoms with E-state index < -0.39 is 5.91 Å². The number of carbonyl (C=O) groups excluding carboxylic acids is 1. The summed E-state index contributed by atoms with van der Waals surface area (Å²) in [5.74, 6) is -0.393. The highest BCUT2D eigenvalue weighted by Crippen LogP contribution is 2.24. The third kappa shape index (κ3) is 2.33. The number of aromatic nitrogens is 2. The predicted molar refractivity (Wildman–Crippen MR) is 69.8 cm³/mol. The number of nitriles is 1. The van der Waals surface area contributed by atoms with Gasteiger partial charge in [0, 0.05) is 4.47 Å². The lowest BCUT2D eigenvalue weighted by Gasteiger charge is -2.06. The van der Waals surface area contributed by atoms with E-state index in [9.17, 15) is 4.79 Å². The molecule has 0 aliphatic rings. The number of aromatic amines is 1. The smallest absolute Gasteiger partial charge is 0.275 e. The molecule has 6 nitrogen and oxygen atoms in total. The quantitative estimate of drug-likeness (QED) is 0.787. The molecule has 2 aromatic rings. The van der Waals surface area contributed by atoms with Gasteiger partial charge in [0.1, 0.15) is 5.69 Å². The number of amides is 1. The second-order valence-corrected chi connectivity index (χ2v) is 4.32. The molecule has 1 aromatic carbocycles. The van der Waals surface area contributed by atoms with Crippen LogP contribution in [-0.2, 0) is 0 Å². The molecule has 0 fully saturated rings. The van der Waals surface area contributed by atoms with Crippen molar-refractivity contribution in [1.29, 1.82) is 5.26 Å². The Morgan fingerprint density at radius 1 is 1.56 bits per heavy atom. The third-order valence-electron chi connectivity index (χ3n) is 2.24. The Morgan fingerprint density at radius 3 is 2.89 bits per heavy atom. The Hall–Kier alpha value is -2.33. The number of anilines is 2. The molecule has 0 atom stereocenters. The SMILES string of the molecule is N#Cc1ccc(NC(=O)c2[nH]ncc2N)c(Br)c1. The molecular weight excluding hydrogens is 298 g/mol.